The van der Waals surface area contributed by atoms with Gasteiger partial charge in [-0.25, -0.2) is 0 Å². The Bertz CT molecular complexity index is 242. The summed E-state index contributed by atoms with van der Waals surface area (Å²) in [6, 6.07) is 0.404. The highest BCUT2D eigenvalue weighted by molar-refractivity contribution is 6.29. The highest BCUT2D eigenvalue weighted by atomic mass is 35.5. The van der Waals surface area contributed by atoms with Gasteiger partial charge in [-0.1, -0.05) is 18.2 Å². The molecule has 0 spiro atoms. The van der Waals surface area contributed by atoms with Gasteiger partial charge in [-0.2, -0.15) is 0 Å². The topological polar surface area (TPSA) is 40.5 Å². The largest absolute Gasteiger partial charge is 0.481 e. The molecule has 1 rings (SSSR count). The predicted molar refractivity (Wildman–Crippen MR) is 56.4 cm³/mol. The fourth-order valence-corrected chi connectivity index (χ4v) is 1.98. The van der Waals surface area contributed by atoms with Crippen molar-refractivity contribution in [3.05, 3.63) is 11.6 Å². The minimum absolute atomic E-state index is 0.248. The van der Waals surface area contributed by atoms with Gasteiger partial charge in [0.05, 0.1) is 5.92 Å². The van der Waals surface area contributed by atoms with Gasteiger partial charge in [-0.3, -0.25) is 9.69 Å². The van der Waals surface area contributed by atoms with E-state index in [1.54, 1.807) is 0 Å². The van der Waals surface area contributed by atoms with Gasteiger partial charge in [0.15, 0.2) is 0 Å². The van der Waals surface area contributed by atoms with E-state index in [9.17, 15) is 4.79 Å². The molecule has 0 amide bonds. The third-order valence-corrected chi connectivity index (χ3v) is 2.85. The number of carbonyl (C=O) groups is 1. The van der Waals surface area contributed by atoms with E-state index in [1.165, 1.54) is 0 Å². The van der Waals surface area contributed by atoms with Gasteiger partial charge in [0.1, 0.15) is 0 Å². The molecule has 1 saturated heterocycles. The number of nitrogens with zero attached hydrogens (tertiary/aromatic N) is 1. The Labute approximate surface area is 89.3 Å². The number of aliphatic carboxylic acids is 1. The minimum Gasteiger partial charge on any atom is -0.481 e. The highest BCUT2D eigenvalue weighted by Gasteiger charge is 2.29. The summed E-state index contributed by atoms with van der Waals surface area (Å²) in [7, 11) is 0. The maximum atomic E-state index is 10.8. The summed E-state index contributed by atoms with van der Waals surface area (Å²) in [5.74, 6) is -0.954. The molecule has 1 N–H and O–H groups in total. The number of hydrogen-bond acceptors (Lipinski definition) is 2. The molecule has 3 nitrogen and oxygen atoms in total. The first-order valence-corrected chi connectivity index (χ1v) is 5.18. The number of halogens is 1. The number of likely N-dealkylation sites (tertiary alicyclic amines) is 1. The number of carboxylic acid groups (broad SMARTS) is 1. The SMILES string of the molecule is C=C(Cl)CN1CC(C(=O)O)CCC1C. The van der Waals surface area contributed by atoms with Crippen LogP contribution in [0.5, 0.6) is 0 Å². The van der Waals surface area contributed by atoms with Crippen LogP contribution in [0.3, 0.4) is 0 Å². The monoisotopic (exact) mass is 217 g/mol. The molecule has 2 atom stereocenters. The Morgan fingerprint density at radius 3 is 2.79 bits per heavy atom. The quantitative estimate of drug-likeness (QED) is 0.786. The summed E-state index contributed by atoms with van der Waals surface area (Å²) in [5, 5.41) is 9.47. The van der Waals surface area contributed by atoms with Crippen LogP contribution in [0.15, 0.2) is 11.6 Å². The zero-order valence-electron chi connectivity index (χ0n) is 8.37. The van der Waals surface area contributed by atoms with Crippen molar-refractivity contribution < 1.29 is 9.90 Å². The van der Waals surface area contributed by atoms with Gasteiger partial charge in [0.25, 0.3) is 0 Å². The van der Waals surface area contributed by atoms with E-state index in [0.29, 0.717) is 24.2 Å². The van der Waals surface area contributed by atoms with Gasteiger partial charge in [-0.15, -0.1) is 0 Å². The third kappa shape index (κ3) is 3.00. The zero-order chi connectivity index (χ0) is 10.7. The lowest BCUT2D eigenvalue weighted by atomic mass is 9.93. The van der Waals surface area contributed by atoms with Crippen molar-refractivity contribution in [3.63, 3.8) is 0 Å². The summed E-state index contributed by atoms with van der Waals surface area (Å²) in [5.41, 5.74) is 0. The van der Waals surface area contributed by atoms with Crippen molar-refractivity contribution in [2.24, 2.45) is 5.92 Å². The number of carboxylic acids is 1. The number of piperidine rings is 1. The molecular weight excluding hydrogens is 202 g/mol. The van der Waals surface area contributed by atoms with Crippen LogP contribution >= 0.6 is 11.6 Å². The fourth-order valence-electron chi connectivity index (χ4n) is 1.82. The van der Waals surface area contributed by atoms with Crippen LogP contribution < -0.4 is 0 Å². The number of rotatable bonds is 3. The normalized spacial score (nSPS) is 28.7. The maximum Gasteiger partial charge on any atom is 0.307 e. The van der Waals surface area contributed by atoms with E-state index in [2.05, 4.69) is 18.4 Å². The fraction of sp³-hybridized carbons (Fsp3) is 0.700. The first-order chi connectivity index (χ1) is 6.50. The second-order valence-corrected chi connectivity index (χ2v) is 4.44. The summed E-state index contributed by atoms with van der Waals surface area (Å²) in [6.07, 6.45) is 1.68. The van der Waals surface area contributed by atoms with Crippen LogP contribution in [-0.4, -0.2) is 35.1 Å². The molecule has 0 saturated carbocycles. The molecule has 0 aromatic heterocycles. The van der Waals surface area contributed by atoms with E-state index in [4.69, 9.17) is 16.7 Å². The van der Waals surface area contributed by atoms with Crippen molar-refractivity contribution >= 4 is 17.6 Å². The van der Waals surface area contributed by atoms with E-state index in [-0.39, 0.29) is 5.92 Å². The molecule has 0 aromatic carbocycles. The molecule has 4 heteroatoms. The van der Waals surface area contributed by atoms with Gasteiger partial charge < -0.3 is 5.11 Å². The summed E-state index contributed by atoms with van der Waals surface area (Å²) in [4.78, 5) is 12.9. The zero-order valence-corrected chi connectivity index (χ0v) is 9.13. The second-order valence-electron chi connectivity index (χ2n) is 3.91. The Morgan fingerprint density at radius 1 is 1.64 bits per heavy atom. The molecule has 0 bridgehead atoms. The summed E-state index contributed by atoms with van der Waals surface area (Å²) < 4.78 is 0. The average molecular weight is 218 g/mol. The lowest BCUT2D eigenvalue weighted by molar-refractivity contribution is -0.144. The third-order valence-electron chi connectivity index (χ3n) is 2.74. The van der Waals surface area contributed by atoms with E-state index in [0.717, 1.165) is 12.8 Å². The molecule has 0 aliphatic carbocycles. The van der Waals surface area contributed by atoms with Crippen LogP contribution in [0.4, 0.5) is 0 Å². The van der Waals surface area contributed by atoms with Crippen molar-refractivity contribution in [2.45, 2.75) is 25.8 Å². The van der Waals surface area contributed by atoms with Crippen LogP contribution in [0.2, 0.25) is 0 Å². The van der Waals surface area contributed by atoms with Crippen LogP contribution in [0.25, 0.3) is 0 Å². The molecule has 14 heavy (non-hydrogen) atoms. The minimum atomic E-state index is -0.706. The molecule has 1 fully saturated rings. The molecule has 1 aliphatic heterocycles. The van der Waals surface area contributed by atoms with Gasteiger partial charge in [0, 0.05) is 24.2 Å². The first-order valence-electron chi connectivity index (χ1n) is 4.81. The predicted octanol–water partition coefficient (Wildman–Crippen LogP) is 1.92. The van der Waals surface area contributed by atoms with Gasteiger partial charge >= 0.3 is 5.97 Å². The van der Waals surface area contributed by atoms with Gasteiger partial charge in [-0.05, 0) is 19.8 Å². The lowest BCUT2D eigenvalue weighted by Crippen LogP contribution is -2.44. The lowest BCUT2D eigenvalue weighted by Gasteiger charge is -2.36. The molecule has 80 valence electrons. The highest BCUT2D eigenvalue weighted by Crippen LogP contribution is 2.23. The average Bonchev–Trinajstić information content (AvgIpc) is 2.07. The molecule has 1 heterocycles. The molecule has 0 radical (unpaired) electrons. The Morgan fingerprint density at radius 2 is 2.29 bits per heavy atom. The first kappa shape index (κ1) is 11.5. The van der Waals surface area contributed by atoms with Crippen molar-refractivity contribution in [1.82, 2.24) is 4.90 Å². The standard InChI is InChI=1S/C10H16ClNO2/c1-7(11)5-12-6-9(10(13)14)4-3-8(12)2/h8-9H,1,3-6H2,2H3,(H,13,14). The smallest absolute Gasteiger partial charge is 0.307 e. The number of hydrogen-bond donors (Lipinski definition) is 1. The Balaban J connectivity index is 2.55. The summed E-state index contributed by atoms with van der Waals surface area (Å²) in [6.45, 7) is 6.90. The molecule has 2 unspecified atom stereocenters. The van der Waals surface area contributed by atoms with E-state index in [1.807, 2.05) is 0 Å². The van der Waals surface area contributed by atoms with Crippen molar-refractivity contribution in [1.29, 1.82) is 0 Å². The molecule has 1 aliphatic rings. The van der Waals surface area contributed by atoms with E-state index < -0.39 is 5.97 Å². The Kier molecular flexibility index (Phi) is 3.96. The summed E-state index contributed by atoms with van der Waals surface area (Å²) >= 11 is 5.72. The molecular formula is C10H16ClNO2. The van der Waals surface area contributed by atoms with E-state index >= 15 is 0 Å². The van der Waals surface area contributed by atoms with Crippen molar-refractivity contribution in [2.75, 3.05) is 13.1 Å². The Hall–Kier alpha value is -0.540. The van der Waals surface area contributed by atoms with Crippen molar-refractivity contribution in [3.8, 4) is 0 Å². The van der Waals surface area contributed by atoms with Crippen LogP contribution in [-0.2, 0) is 4.79 Å². The van der Waals surface area contributed by atoms with Crippen LogP contribution in [0.1, 0.15) is 19.8 Å². The van der Waals surface area contributed by atoms with Gasteiger partial charge in [0.2, 0.25) is 0 Å². The second kappa shape index (κ2) is 4.80. The van der Waals surface area contributed by atoms with Crippen LogP contribution in [0, 0.1) is 5.92 Å². The molecule has 0 aromatic rings. The maximum absolute atomic E-state index is 10.8.